The van der Waals surface area contributed by atoms with Gasteiger partial charge in [0.05, 0.1) is 30.6 Å². The smallest absolute Gasteiger partial charge is 0.252 e. The molecular weight excluding hydrogens is 476 g/mol. The van der Waals surface area contributed by atoms with Crippen LogP contribution in [0.3, 0.4) is 0 Å². The van der Waals surface area contributed by atoms with Crippen LogP contribution < -0.4 is 10.1 Å². The van der Waals surface area contributed by atoms with Crippen LogP contribution in [-0.2, 0) is 6.54 Å². The van der Waals surface area contributed by atoms with E-state index in [0.29, 0.717) is 12.1 Å². The lowest BCUT2D eigenvalue weighted by molar-refractivity contribution is 0.0947. The second-order valence-electron chi connectivity index (χ2n) is 6.55. The van der Waals surface area contributed by atoms with Gasteiger partial charge >= 0.3 is 0 Å². The van der Waals surface area contributed by atoms with Gasteiger partial charge in [-0.2, -0.15) is 5.10 Å². The third kappa shape index (κ3) is 5.34. The number of rotatable bonds is 7. The van der Waals surface area contributed by atoms with Crippen molar-refractivity contribution >= 4 is 33.6 Å². The number of carbonyl (C=O) groups is 1. The Labute approximate surface area is 192 Å². The van der Waals surface area contributed by atoms with Crippen LogP contribution in [0.1, 0.15) is 16.1 Å². The lowest BCUT2D eigenvalue weighted by Crippen LogP contribution is -2.23. The summed E-state index contributed by atoms with van der Waals surface area (Å²) >= 11 is 4.84. The molecular formula is C23H19BrN4O2S. The van der Waals surface area contributed by atoms with Crippen LogP contribution in [0.4, 0.5) is 0 Å². The molecule has 0 aliphatic rings. The molecule has 0 bridgehead atoms. The number of hydrogen-bond acceptors (Lipinski definition) is 5. The van der Waals surface area contributed by atoms with E-state index in [9.17, 15) is 4.79 Å². The molecule has 2 aromatic carbocycles. The highest BCUT2D eigenvalue weighted by Gasteiger charge is 2.13. The monoisotopic (exact) mass is 494 g/mol. The van der Waals surface area contributed by atoms with E-state index in [1.807, 2.05) is 72.9 Å². The Morgan fingerprint density at radius 2 is 1.90 bits per heavy atom. The zero-order valence-electron chi connectivity index (χ0n) is 16.7. The summed E-state index contributed by atoms with van der Waals surface area (Å²) in [6.07, 6.45) is 3.61. The number of nitrogens with zero attached hydrogens (tertiary/aromatic N) is 3. The molecule has 4 aromatic rings. The van der Waals surface area contributed by atoms with Crippen molar-refractivity contribution in [2.24, 2.45) is 0 Å². The molecule has 31 heavy (non-hydrogen) atoms. The first kappa shape index (κ1) is 21.1. The van der Waals surface area contributed by atoms with Crippen LogP contribution in [0.15, 0.2) is 93.5 Å². The van der Waals surface area contributed by atoms with Gasteiger partial charge in [-0.15, -0.1) is 0 Å². The van der Waals surface area contributed by atoms with E-state index in [1.54, 1.807) is 18.0 Å². The molecule has 0 saturated heterocycles. The Kier molecular flexibility index (Phi) is 6.69. The van der Waals surface area contributed by atoms with Gasteiger partial charge in [-0.25, -0.2) is 9.67 Å². The molecule has 0 fully saturated rings. The molecule has 4 rings (SSSR count). The first-order valence-corrected chi connectivity index (χ1v) is 11.1. The maximum atomic E-state index is 12.8. The third-order valence-corrected chi connectivity index (χ3v) is 5.95. The molecule has 0 unspecified atom stereocenters. The van der Waals surface area contributed by atoms with E-state index in [4.69, 9.17) is 4.74 Å². The highest BCUT2D eigenvalue weighted by molar-refractivity contribution is 9.10. The summed E-state index contributed by atoms with van der Waals surface area (Å²) in [5.74, 6) is 0.637. The second-order valence-corrected chi connectivity index (χ2v) is 8.52. The minimum atomic E-state index is -0.154. The number of ether oxygens (including phenoxy) is 1. The van der Waals surface area contributed by atoms with E-state index in [-0.39, 0.29) is 5.91 Å². The molecule has 1 amide bonds. The number of methoxy groups -OCH3 is 1. The number of halogens is 1. The van der Waals surface area contributed by atoms with Crippen molar-refractivity contribution in [1.29, 1.82) is 0 Å². The van der Waals surface area contributed by atoms with Crippen LogP contribution in [0, 0.1) is 0 Å². The number of hydrogen-bond donors (Lipinski definition) is 1. The summed E-state index contributed by atoms with van der Waals surface area (Å²) in [5.41, 5.74) is 2.29. The maximum Gasteiger partial charge on any atom is 0.252 e. The number of amides is 1. The lowest BCUT2D eigenvalue weighted by atomic mass is 10.2. The van der Waals surface area contributed by atoms with Gasteiger partial charge in [-0.3, -0.25) is 4.79 Å². The fourth-order valence-corrected chi connectivity index (χ4v) is 4.00. The summed E-state index contributed by atoms with van der Waals surface area (Å²) in [5, 5.41) is 8.32. The van der Waals surface area contributed by atoms with Gasteiger partial charge in [-0.1, -0.05) is 23.9 Å². The van der Waals surface area contributed by atoms with Crippen LogP contribution in [0.5, 0.6) is 5.75 Å². The van der Waals surface area contributed by atoms with Gasteiger partial charge < -0.3 is 10.1 Å². The summed E-state index contributed by atoms with van der Waals surface area (Å²) < 4.78 is 7.87. The minimum absolute atomic E-state index is 0.154. The predicted molar refractivity (Wildman–Crippen MR) is 124 cm³/mol. The Morgan fingerprint density at radius 1 is 1.10 bits per heavy atom. The SMILES string of the molecule is COc1ccc(-n2ccc(CNC(=O)c3ccccc3Sc3ccc(Br)cn3)n2)cc1. The Balaban J connectivity index is 1.42. The molecule has 0 aliphatic carbocycles. The zero-order chi connectivity index (χ0) is 21.6. The zero-order valence-corrected chi connectivity index (χ0v) is 19.1. The normalized spacial score (nSPS) is 10.6. The Morgan fingerprint density at radius 3 is 2.65 bits per heavy atom. The maximum absolute atomic E-state index is 12.8. The average Bonchev–Trinajstić information content (AvgIpc) is 3.28. The summed E-state index contributed by atoms with van der Waals surface area (Å²) in [6, 6.07) is 20.8. The quantitative estimate of drug-likeness (QED) is 0.386. The van der Waals surface area contributed by atoms with Gasteiger partial charge in [-0.05, 0) is 70.5 Å². The van der Waals surface area contributed by atoms with Crippen molar-refractivity contribution in [2.45, 2.75) is 16.5 Å². The van der Waals surface area contributed by atoms with Crippen molar-refractivity contribution in [3.05, 3.63) is 94.9 Å². The fourth-order valence-electron chi connectivity index (χ4n) is 2.88. The van der Waals surface area contributed by atoms with Crippen molar-refractivity contribution in [3.8, 4) is 11.4 Å². The van der Waals surface area contributed by atoms with Gasteiger partial charge in [0.25, 0.3) is 5.91 Å². The summed E-state index contributed by atoms with van der Waals surface area (Å²) in [7, 11) is 1.63. The number of nitrogens with one attached hydrogen (secondary N) is 1. The van der Waals surface area contributed by atoms with Crippen LogP contribution in [0.25, 0.3) is 5.69 Å². The highest BCUT2D eigenvalue weighted by atomic mass is 79.9. The van der Waals surface area contributed by atoms with Gasteiger partial charge in [0.2, 0.25) is 0 Å². The number of pyridine rings is 1. The first-order chi connectivity index (χ1) is 15.1. The molecule has 2 heterocycles. The molecule has 0 saturated carbocycles. The van der Waals surface area contributed by atoms with Crippen LogP contribution >= 0.6 is 27.7 Å². The number of carbonyl (C=O) groups excluding carboxylic acids is 1. The van der Waals surface area contributed by atoms with Gasteiger partial charge in [0, 0.05) is 21.8 Å². The van der Waals surface area contributed by atoms with Gasteiger partial charge in [0.15, 0.2) is 0 Å². The topological polar surface area (TPSA) is 69.0 Å². The van der Waals surface area contributed by atoms with Crippen molar-refractivity contribution in [3.63, 3.8) is 0 Å². The average molecular weight is 495 g/mol. The summed E-state index contributed by atoms with van der Waals surface area (Å²) in [6.45, 7) is 0.331. The first-order valence-electron chi connectivity index (χ1n) is 9.48. The predicted octanol–water partition coefficient (Wildman–Crippen LogP) is 5.12. The third-order valence-electron chi connectivity index (χ3n) is 4.46. The van der Waals surface area contributed by atoms with E-state index in [0.717, 1.165) is 31.5 Å². The van der Waals surface area contributed by atoms with Crippen LogP contribution in [-0.4, -0.2) is 27.8 Å². The number of aromatic nitrogens is 3. The molecule has 6 nitrogen and oxygen atoms in total. The van der Waals surface area contributed by atoms with Crippen molar-refractivity contribution in [2.75, 3.05) is 7.11 Å². The number of benzene rings is 2. The molecule has 0 aliphatic heterocycles. The van der Waals surface area contributed by atoms with Crippen molar-refractivity contribution in [1.82, 2.24) is 20.1 Å². The van der Waals surface area contributed by atoms with Gasteiger partial charge in [0.1, 0.15) is 10.8 Å². The van der Waals surface area contributed by atoms with Crippen LogP contribution in [0.2, 0.25) is 0 Å². The molecule has 156 valence electrons. The largest absolute Gasteiger partial charge is 0.497 e. The Hall–Kier alpha value is -3.10. The van der Waals surface area contributed by atoms with E-state index in [2.05, 4.69) is 31.3 Å². The van der Waals surface area contributed by atoms with E-state index >= 15 is 0 Å². The molecule has 0 atom stereocenters. The molecule has 2 aromatic heterocycles. The van der Waals surface area contributed by atoms with E-state index in [1.165, 1.54) is 11.8 Å². The Bertz CT molecular complexity index is 1180. The standard InChI is InChI=1S/C23H19BrN4O2S/c1-30-19-9-7-18(8-10-19)28-13-12-17(27-28)15-26-23(29)20-4-2-3-5-21(20)31-22-11-6-16(24)14-25-22/h2-14H,15H2,1H3,(H,26,29). The lowest BCUT2D eigenvalue weighted by Gasteiger charge is -2.09. The summed E-state index contributed by atoms with van der Waals surface area (Å²) in [4.78, 5) is 18.0. The minimum Gasteiger partial charge on any atom is -0.497 e. The molecule has 0 radical (unpaired) electrons. The fraction of sp³-hybridized carbons (Fsp3) is 0.0870. The molecule has 1 N–H and O–H groups in total. The second kappa shape index (κ2) is 9.80. The van der Waals surface area contributed by atoms with Crippen molar-refractivity contribution < 1.29 is 9.53 Å². The highest BCUT2D eigenvalue weighted by Crippen LogP contribution is 2.29. The van der Waals surface area contributed by atoms with E-state index < -0.39 is 0 Å². The molecule has 8 heteroatoms. The molecule has 0 spiro atoms.